The molecular weight excluding hydrogens is 277 g/mol. The van der Waals surface area contributed by atoms with E-state index < -0.39 is 5.95 Å². The van der Waals surface area contributed by atoms with Crippen LogP contribution in [-0.2, 0) is 12.8 Å². The molecule has 0 amide bonds. The van der Waals surface area contributed by atoms with E-state index in [1.807, 2.05) is 25.1 Å². The lowest BCUT2D eigenvalue weighted by Crippen LogP contribution is -1.98. The van der Waals surface area contributed by atoms with Gasteiger partial charge in [-0.2, -0.15) is 4.39 Å². The molecule has 0 saturated heterocycles. The first-order valence-corrected chi connectivity index (χ1v) is 7.47. The molecule has 3 nitrogen and oxygen atoms in total. The number of hydrogen-bond donors (Lipinski definition) is 1. The van der Waals surface area contributed by atoms with E-state index in [4.69, 9.17) is 5.73 Å². The zero-order valence-electron chi connectivity index (χ0n) is 12.7. The van der Waals surface area contributed by atoms with Crippen molar-refractivity contribution >= 4 is 16.7 Å². The van der Waals surface area contributed by atoms with Gasteiger partial charge in [-0.1, -0.05) is 13.8 Å². The number of benzene rings is 1. The van der Waals surface area contributed by atoms with Crippen LogP contribution in [0.1, 0.15) is 25.1 Å². The van der Waals surface area contributed by atoms with Gasteiger partial charge in [-0.3, -0.25) is 0 Å². The molecule has 1 aromatic carbocycles. The van der Waals surface area contributed by atoms with Crippen molar-refractivity contribution in [3.63, 3.8) is 0 Å². The zero-order valence-corrected chi connectivity index (χ0v) is 12.7. The summed E-state index contributed by atoms with van der Waals surface area (Å²) in [4.78, 5) is 8.46. The second-order valence-corrected chi connectivity index (χ2v) is 5.28. The van der Waals surface area contributed by atoms with Crippen molar-refractivity contribution < 1.29 is 4.39 Å². The molecule has 0 unspecified atom stereocenters. The van der Waals surface area contributed by atoms with E-state index in [9.17, 15) is 4.39 Å². The quantitative estimate of drug-likeness (QED) is 0.739. The lowest BCUT2D eigenvalue weighted by molar-refractivity contribution is 0.589. The number of rotatable bonds is 3. The highest BCUT2D eigenvalue weighted by Crippen LogP contribution is 2.30. The zero-order chi connectivity index (χ0) is 15.7. The number of nitrogens with zero attached hydrogens (tertiary/aromatic N) is 2. The second kappa shape index (κ2) is 5.72. The number of nitrogen functional groups attached to an aromatic ring is 1. The van der Waals surface area contributed by atoms with Gasteiger partial charge in [0.1, 0.15) is 5.82 Å². The summed E-state index contributed by atoms with van der Waals surface area (Å²) in [6.45, 7) is 4.11. The summed E-state index contributed by atoms with van der Waals surface area (Å²) >= 11 is 0. The number of halogens is 1. The van der Waals surface area contributed by atoms with Crippen LogP contribution in [0.25, 0.3) is 22.0 Å². The molecule has 3 rings (SSSR count). The Bertz CT molecular complexity index is 843. The van der Waals surface area contributed by atoms with Gasteiger partial charge < -0.3 is 5.73 Å². The van der Waals surface area contributed by atoms with Gasteiger partial charge in [0.05, 0.1) is 11.2 Å². The Morgan fingerprint density at radius 3 is 2.55 bits per heavy atom. The first kappa shape index (κ1) is 14.4. The SMILES string of the molecule is CCc1nc(N)ccc1-c1cc(CC)c2nc(F)ccc2c1. The number of nitrogens with two attached hydrogens (primary N) is 1. The number of hydrogen-bond acceptors (Lipinski definition) is 3. The molecule has 2 aromatic heterocycles. The van der Waals surface area contributed by atoms with E-state index in [-0.39, 0.29) is 0 Å². The molecule has 0 fully saturated rings. The molecular formula is C18H18FN3. The fourth-order valence-electron chi connectivity index (χ4n) is 2.76. The molecule has 0 aliphatic heterocycles. The highest BCUT2D eigenvalue weighted by molar-refractivity contribution is 5.88. The van der Waals surface area contributed by atoms with Crippen LogP contribution >= 0.6 is 0 Å². The Morgan fingerprint density at radius 1 is 1.00 bits per heavy atom. The Labute approximate surface area is 129 Å². The summed E-state index contributed by atoms with van der Waals surface area (Å²) in [7, 11) is 0. The van der Waals surface area contributed by atoms with Gasteiger partial charge >= 0.3 is 0 Å². The van der Waals surface area contributed by atoms with Crippen LogP contribution in [0.4, 0.5) is 10.2 Å². The Morgan fingerprint density at radius 2 is 1.82 bits per heavy atom. The molecule has 0 aliphatic rings. The molecule has 22 heavy (non-hydrogen) atoms. The van der Waals surface area contributed by atoms with E-state index in [2.05, 4.69) is 23.0 Å². The van der Waals surface area contributed by atoms with E-state index in [0.717, 1.165) is 46.1 Å². The van der Waals surface area contributed by atoms with Crippen LogP contribution in [0.2, 0.25) is 0 Å². The third-order valence-electron chi connectivity index (χ3n) is 3.86. The molecule has 3 aromatic rings. The molecule has 0 bridgehead atoms. The third kappa shape index (κ3) is 2.52. The summed E-state index contributed by atoms with van der Waals surface area (Å²) in [5.74, 6) is 0.0826. The molecule has 0 aliphatic carbocycles. The summed E-state index contributed by atoms with van der Waals surface area (Å²) in [5, 5.41) is 0.939. The van der Waals surface area contributed by atoms with Crippen LogP contribution in [0, 0.1) is 5.95 Å². The standard InChI is InChI=1S/C18H18FN3/c1-3-11-9-13(10-12-5-7-16(19)22-18(11)12)14-6-8-17(20)21-15(14)4-2/h5-10H,3-4H2,1-2H3,(H2,20,21). The normalized spacial score (nSPS) is 11.0. The summed E-state index contributed by atoms with van der Waals surface area (Å²) in [6, 6.07) is 11.1. The maximum atomic E-state index is 13.4. The average molecular weight is 295 g/mol. The maximum Gasteiger partial charge on any atom is 0.213 e. The minimum atomic E-state index is -0.446. The van der Waals surface area contributed by atoms with Crippen LogP contribution in [-0.4, -0.2) is 9.97 Å². The van der Waals surface area contributed by atoms with E-state index >= 15 is 0 Å². The fraction of sp³-hybridized carbons (Fsp3) is 0.222. The molecule has 0 radical (unpaired) electrons. The van der Waals surface area contributed by atoms with Gasteiger partial charge in [0.25, 0.3) is 0 Å². The lowest BCUT2D eigenvalue weighted by atomic mass is 9.96. The van der Waals surface area contributed by atoms with Crippen molar-refractivity contribution in [1.29, 1.82) is 0 Å². The summed E-state index contributed by atoms with van der Waals surface area (Å²) in [5.41, 5.74) is 10.7. The number of aryl methyl sites for hydroxylation is 2. The van der Waals surface area contributed by atoms with Gasteiger partial charge in [0.2, 0.25) is 5.95 Å². The topological polar surface area (TPSA) is 51.8 Å². The lowest BCUT2D eigenvalue weighted by Gasteiger charge is -2.12. The van der Waals surface area contributed by atoms with Crippen molar-refractivity contribution in [2.45, 2.75) is 26.7 Å². The minimum Gasteiger partial charge on any atom is -0.384 e. The summed E-state index contributed by atoms with van der Waals surface area (Å²) in [6.07, 6.45) is 1.60. The highest BCUT2D eigenvalue weighted by atomic mass is 19.1. The molecule has 0 saturated carbocycles. The summed E-state index contributed by atoms with van der Waals surface area (Å²) < 4.78 is 13.4. The Balaban J connectivity index is 2.26. The first-order chi connectivity index (χ1) is 10.6. The molecule has 112 valence electrons. The van der Waals surface area contributed by atoms with Crippen LogP contribution < -0.4 is 5.73 Å². The molecule has 0 atom stereocenters. The molecule has 2 N–H and O–H groups in total. The highest BCUT2D eigenvalue weighted by Gasteiger charge is 2.11. The predicted molar refractivity (Wildman–Crippen MR) is 88.1 cm³/mol. The van der Waals surface area contributed by atoms with E-state index in [1.165, 1.54) is 6.07 Å². The van der Waals surface area contributed by atoms with Crippen LogP contribution in [0.3, 0.4) is 0 Å². The van der Waals surface area contributed by atoms with Crippen molar-refractivity contribution in [1.82, 2.24) is 9.97 Å². The van der Waals surface area contributed by atoms with E-state index in [0.29, 0.717) is 5.82 Å². The van der Waals surface area contributed by atoms with Crippen molar-refractivity contribution in [2.75, 3.05) is 5.73 Å². The van der Waals surface area contributed by atoms with Crippen molar-refractivity contribution in [3.05, 3.63) is 53.6 Å². The van der Waals surface area contributed by atoms with Crippen LogP contribution in [0.15, 0.2) is 36.4 Å². The average Bonchev–Trinajstić information content (AvgIpc) is 2.53. The van der Waals surface area contributed by atoms with Crippen LogP contribution in [0.5, 0.6) is 0 Å². The second-order valence-electron chi connectivity index (χ2n) is 5.28. The largest absolute Gasteiger partial charge is 0.384 e. The first-order valence-electron chi connectivity index (χ1n) is 7.47. The van der Waals surface area contributed by atoms with Gasteiger partial charge in [-0.15, -0.1) is 0 Å². The Hall–Kier alpha value is -2.49. The third-order valence-corrected chi connectivity index (χ3v) is 3.86. The number of anilines is 1. The van der Waals surface area contributed by atoms with Gasteiger partial charge in [0.15, 0.2) is 0 Å². The smallest absolute Gasteiger partial charge is 0.213 e. The molecule has 0 spiro atoms. The maximum absolute atomic E-state index is 13.4. The monoisotopic (exact) mass is 295 g/mol. The number of fused-ring (bicyclic) bond motifs is 1. The predicted octanol–water partition coefficient (Wildman–Crippen LogP) is 4.14. The van der Waals surface area contributed by atoms with Gasteiger partial charge in [-0.25, -0.2) is 9.97 Å². The van der Waals surface area contributed by atoms with Crippen molar-refractivity contribution in [3.8, 4) is 11.1 Å². The number of aromatic nitrogens is 2. The fourth-order valence-corrected chi connectivity index (χ4v) is 2.76. The Kier molecular flexibility index (Phi) is 3.75. The minimum absolute atomic E-state index is 0.446. The van der Waals surface area contributed by atoms with Crippen molar-refractivity contribution in [2.24, 2.45) is 0 Å². The number of pyridine rings is 2. The van der Waals surface area contributed by atoms with Gasteiger partial charge in [-0.05, 0) is 60.4 Å². The molecule has 4 heteroatoms. The van der Waals surface area contributed by atoms with Gasteiger partial charge in [0, 0.05) is 10.9 Å². The van der Waals surface area contributed by atoms with E-state index in [1.54, 1.807) is 6.07 Å². The molecule has 2 heterocycles.